The van der Waals surface area contributed by atoms with Gasteiger partial charge in [-0.25, -0.2) is 9.97 Å². The van der Waals surface area contributed by atoms with Crippen LogP contribution in [-0.2, 0) is 6.18 Å². The smallest absolute Gasteiger partial charge is 0.389 e. The molecule has 0 saturated carbocycles. The van der Waals surface area contributed by atoms with Crippen molar-refractivity contribution in [2.24, 2.45) is 0 Å². The Morgan fingerprint density at radius 2 is 1.80 bits per heavy atom. The first-order valence-electron chi connectivity index (χ1n) is 8.45. The predicted molar refractivity (Wildman–Crippen MR) is 98.1 cm³/mol. The first kappa shape index (κ1) is 23.9. The second-order valence-corrected chi connectivity index (χ2v) is 8.08. The van der Waals surface area contributed by atoms with Crippen molar-refractivity contribution in [1.82, 2.24) is 15.3 Å². The summed E-state index contributed by atoms with van der Waals surface area (Å²) in [5.41, 5.74) is -2.84. The summed E-state index contributed by atoms with van der Waals surface area (Å²) in [7, 11) is 0. The van der Waals surface area contributed by atoms with Gasteiger partial charge in [-0.1, -0.05) is 0 Å². The number of nitrogens with zero attached hydrogens (tertiary/aromatic N) is 2. The van der Waals surface area contributed by atoms with Crippen LogP contribution in [-0.4, -0.2) is 45.3 Å². The summed E-state index contributed by atoms with van der Waals surface area (Å²) < 4.78 is 78.5. The molecule has 0 unspecified atom stereocenters. The first-order chi connectivity index (χ1) is 13.6. The van der Waals surface area contributed by atoms with Crippen LogP contribution in [0.3, 0.4) is 0 Å². The molecule has 0 aliphatic carbocycles. The van der Waals surface area contributed by atoms with E-state index in [9.17, 15) is 36.2 Å². The van der Waals surface area contributed by atoms with E-state index in [1.54, 1.807) is 0 Å². The number of nitrogens with one attached hydrogen (secondary N) is 2. The van der Waals surface area contributed by atoms with Crippen LogP contribution in [0, 0.1) is 0 Å². The maximum absolute atomic E-state index is 13.5. The van der Waals surface area contributed by atoms with Crippen molar-refractivity contribution in [2.75, 3.05) is 11.9 Å². The summed E-state index contributed by atoms with van der Waals surface area (Å²) in [5.74, 6) is -1.28. The number of hydrogen-bond acceptors (Lipinski definition) is 6. The monoisotopic (exact) mass is 456 g/mol. The van der Waals surface area contributed by atoms with E-state index in [1.165, 1.54) is 13.8 Å². The maximum atomic E-state index is 13.5. The fraction of sp³-hybridized carbons (Fsp3) is 0.471. The zero-order chi connectivity index (χ0) is 22.9. The topological polar surface area (TPSA) is 87.1 Å². The standard InChI is InChI=1S/C17H18F6N4O2S/c1-8(16(18,19)20)27-12-4-10(17(21,22)23)9(5-24-12)11-6-25-14(30-11)13(28)26-7-15(2,3)29/h4-6,8,29H,7H2,1-3H3,(H,24,27)(H,26,28)/t8-/m0/s1. The lowest BCUT2D eigenvalue weighted by atomic mass is 10.1. The van der Waals surface area contributed by atoms with Crippen LogP contribution in [0.15, 0.2) is 18.5 Å². The van der Waals surface area contributed by atoms with Crippen molar-refractivity contribution >= 4 is 23.1 Å². The molecule has 1 atom stereocenters. The van der Waals surface area contributed by atoms with Gasteiger partial charge < -0.3 is 15.7 Å². The molecule has 30 heavy (non-hydrogen) atoms. The molecular weight excluding hydrogens is 438 g/mol. The molecule has 13 heteroatoms. The molecule has 0 aliphatic heterocycles. The summed E-state index contributed by atoms with van der Waals surface area (Å²) >= 11 is 0.654. The SMILES string of the molecule is C[C@H](Nc1cc(C(F)(F)F)c(-c2cnc(C(=O)NCC(C)(C)O)s2)cn1)C(F)(F)F. The lowest BCUT2D eigenvalue weighted by Gasteiger charge is -2.19. The van der Waals surface area contributed by atoms with E-state index in [-0.39, 0.29) is 16.4 Å². The average molecular weight is 456 g/mol. The molecule has 0 bridgehead atoms. The van der Waals surface area contributed by atoms with Gasteiger partial charge >= 0.3 is 12.4 Å². The molecule has 2 rings (SSSR count). The van der Waals surface area contributed by atoms with Crippen molar-refractivity contribution in [3.05, 3.63) is 29.0 Å². The van der Waals surface area contributed by atoms with Gasteiger partial charge in [0.1, 0.15) is 11.9 Å². The number of thiazole rings is 1. The Hall–Kier alpha value is -2.41. The van der Waals surface area contributed by atoms with Gasteiger partial charge in [-0.05, 0) is 26.8 Å². The minimum absolute atomic E-state index is 0.0429. The zero-order valence-corrected chi connectivity index (χ0v) is 16.8. The number of carbonyl (C=O) groups is 1. The molecule has 166 valence electrons. The number of carbonyl (C=O) groups excluding carboxylic acids is 1. The first-order valence-corrected chi connectivity index (χ1v) is 9.27. The highest BCUT2D eigenvalue weighted by atomic mass is 32.1. The number of halogens is 6. The highest BCUT2D eigenvalue weighted by Gasteiger charge is 2.38. The number of rotatable bonds is 6. The Morgan fingerprint density at radius 3 is 2.33 bits per heavy atom. The van der Waals surface area contributed by atoms with E-state index in [1.807, 2.05) is 5.32 Å². The van der Waals surface area contributed by atoms with Crippen LogP contribution in [0.5, 0.6) is 0 Å². The lowest BCUT2D eigenvalue weighted by Crippen LogP contribution is -2.38. The van der Waals surface area contributed by atoms with Crippen LogP contribution in [0.4, 0.5) is 32.2 Å². The molecule has 0 aliphatic rings. The van der Waals surface area contributed by atoms with Crippen LogP contribution >= 0.6 is 11.3 Å². The number of aliphatic hydroxyl groups is 1. The highest BCUT2D eigenvalue weighted by Crippen LogP contribution is 2.40. The minimum Gasteiger partial charge on any atom is -0.389 e. The van der Waals surface area contributed by atoms with Crippen LogP contribution < -0.4 is 10.6 Å². The molecular formula is C17H18F6N4O2S. The van der Waals surface area contributed by atoms with Crippen LogP contribution in [0.2, 0.25) is 0 Å². The molecule has 2 aromatic rings. The van der Waals surface area contributed by atoms with Gasteiger partial charge in [-0.15, -0.1) is 11.3 Å². The Balaban J connectivity index is 2.33. The summed E-state index contributed by atoms with van der Waals surface area (Å²) in [6.07, 6.45) is -7.73. The third-order valence-electron chi connectivity index (χ3n) is 3.71. The average Bonchev–Trinajstić information content (AvgIpc) is 3.07. The van der Waals surface area contributed by atoms with Gasteiger partial charge in [0, 0.05) is 24.5 Å². The molecule has 3 N–H and O–H groups in total. The van der Waals surface area contributed by atoms with Crippen LogP contribution in [0.1, 0.15) is 36.1 Å². The van der Waals surface area contributed by atoms with Crippen molar-refractivity contribution < 1.29 is 36.2 Å². The van der Waals surface area contributed by atoms with Crippen molar-refractivity contribution in [3.63, 3.8) is 0 Å². The van der Waals surface area contributed by atoms with Crippen molar-refractivity contribution in [1.29, 1.82) is 0 Å². The van der Waals surface area contributed by atoms with Gasteiger partial charge in [0.05, 0.1) is 16.0 Å². The molecule has 0 radical (unpaired) electrons. The Kier molecular flexibility index (Phi) is 6.66. The number of hydrogen-bond donors (Lipinski definition) is 3. The second kappa shape index (κ2) is 8.38. The summed E-state index contributed by atoms with van der Waals surface area (Å²) in [4.78, 5) is 19.4. The molecule has 0 saturated heterocycles. The molecule has 0 fully saturated rings. The van der Waals surface area contributed by atoms with E-state index in [4.69, 9.17) is 0 Å². The normalized spacial score (nSPS) is 13.8. The third-order valence-corrected chi connectivity index (χ3v) is 4.74. The molecule has 2 heterocycles. The predicted octanol–water partition coefficient (Wildman–Crippen LogP) is 4.09. The highest BCUT2D eigenvalue weighted by molar-refractivity contribution is 7.17. The summed E-state index contributed by atoms with van der Waals surface area (Å²) in [6.45, 7) is 3.56. The molecule has 2 aromatic heterocycles. The Labute approximate surface area is 171 Å². The molecule has 0 spiro atoms. The summed E-state index contributed by atoms with van der Waals surface area (Å²) in [5, 5.41) is 13.8. The molecule has 0 aromatic carbocycles. The number of aromatic nitrogens is 2. The van der Waals surface area contributed by atoms with Gasteiger partial charge in [0.15, 0.2) is 5.01 Å². The zero-order valence-electron chi connectivity index (χ0n) is 15.9. The van der Waals surface area contributed by atoms with E-state index in [2.05, 4.69) is 15.3 Å². The fourth-order valence-electron chi connectivity index (χ4n) is 2.14. The van der Waals surface area contributed by atoms with Crippen molar-refractivity contribution in [3.8, 4) is 10.4 Å². The third kappa shape index (κ3) is 6.29. The Morgan fingerprint density at radius 1 is 1.17 bits per heavy atom. The Bertz CT molecular complexity index is 905. The number of amides is 1. The van der Waals surface area contributed by atoms with Gasteiger partial charge in [-0.2, -0.15) is 26.3 Å². The lowest BCUT2D eigenvalue weighted by molar-refractivity contribution is -0.138. The fourth-order valence-corrected chi connectivity index (χ4v) is 3.00. The molecule has 1 amide bonds. The minimum atomic E-state index is -4.89. The molecule has 6 nitrogen and oxygen atoms in total. The largest absolute Gasteiger partial charge is 0.417 e. The summed E-state index contributed by atoms with van der Waals surface area (Å²) in [6, 6.07) is -1.63. The van der Waals surface area contributed by atoms with Crippen molar-refractivity contribution in [2.45, 2.75) is 44.8 Å². The number of anilines is 1. The van der Waals surface area contributed by atoms with Gasteiger partial charge in [0.25, 0.3) is 5.91 Å². The van der Waals surface area contributed by atoms with E-state index in [0.29, 0.717) is 17.4 Å². The number of alkyl halides is 6. The van der Waals surface area contributed by atoms with E-state index in [0.717, 1.165) is 19.3 Å². The van der Waals surface area contributed by atoms with E-state index >= 15 is 0 Å². The maximum Gasteiger partial charge on any atom is 0.417 e. The number of pyridine rings is 1. The van der Waals surface area contributed by atoms with Gasteiger partial charge in [-0.3, -0.25) is 4.79 Å². The van der Waals surface area contributed by atoms with Gasteiger partial charge in [0.2, 0.25) is 0 Å². The quantitative estimate of drug-likeness (QED) is 0.570. The van der Waals surface area contributed by atoms with E-state index < -0.39 is 46.8 Å². The van der Waals surface area contributed by atoms with Crippen LogP contribution in [0.25, 0.3) is 10.4 Å². The second-order valence-electron chi connectivity index (χ2n) is 7.05.